The minimum Gasteiger partial charge on any atom is -0.242 e. The summed E-state index contributed by atoms with van der Waals surface area (Å²) in [6, 6.07) is 8.66. The molecule has 0 spiro atoms. The Morgan fingerprint density at radius 1 is 1.57 bits per heavy atom. The maximum atomic E-state index is 13.6. The molecule has 0 aliphatic heterocycles. The van der Waals surface area contributed by atoms with Gasteiger partial charge in [-0.2, -0.15) is 0 Å². The first-order chi connectivity index (χ1) is 6.83. The van der Waals surface area contributed by atoms with E-state index in [2.05, 4.69) is 6.07 Å². The van der Waals surface area contributed by atoms with Gasteiger partial charge >= 0.3 is 0 Å². The van der Waals surface area contributed by atoms with E-state index in [0.29, 0.717) is 0 Å². The third-order valence-electron chi connectivity index (χ3n) is 2.49. The molecular formula is C13H12F. The van der Waals surface area contributed by atoms with Gasteiger partial charge in [0.2, 0.25) is 0 Å². The predicted octanol–water partition coefficient (Wildman–Crippen LogP) is 3.51. The Morgan fingerprint density at radius 2 is 2.43 bits per heavy atom. The second kappa shape index (κ2) is 3.79. The molecule has 1 radical (unpaired) electrons. The van der Waals surface area contributed by atoms with Gasteiger partial charge in [0, 0.05) is 5.92 Å². The predicted molar refractivity (Wildman–Crippen MR) is 56.8 cm³/mol. The quantitative estimate of drug-likeness (QED) is 0.621. The summed E-state index contributed by atoms with van der Waals surface area (Å²) in [6.07, 6.45) is 6.32. The fourth-order valence-electron chi connectivity index (χ4n) is 1.80. The van der Waals surface area contributed by atoms with Crippen molar-refractivity contribution in [1.29, 1.82) is 0 Å². The fraction of sp³-hybridized carbons (Fsp3) is 0.231. The first-order valence-electron chi connectivity index (χ1n) is 4.78. The van der Waals surface area contributed by atoms with Crippen LogP contribution in [0, 0.1) is 6.07 Å². The van der Waals surface area contributed by atoms with Gasteiger partial charge in [-0.3, -0.25) is 0 Å². The molecule has 0 N–H and O–H groups in total. The summed E-state index contributed by atoms with van der Waals surface area (Å²) < 4.78 is 13.6. The highest BCUT2D eigenvalue weighted by Crippen LogP contribution is 2.33. The van der Waals surface area contributed by atoms with Crippen molar-refractivity contribution in [2.75, 3.05) is 0 Å². The standard InChI is InChI=1S/C13H12F/c1-2-5-13(14)12-9-8-10-6-3-4-7-11(10)12/h2,4-9,12-13H,1H3/b5-2+. The summed E-state index contributed by atoms with van der Waals surface area (Å²) in [7, 11) is 0. The zero-order chi connectivity index (χ0) is 9.97. The molecule has 0 bridgehead atoms. The van der Waals surface area contributed by atoms with Crippen LogP contribution in [0.2, 0.25) is 0 Å². The summed E-state index contributed by atoms with van der Waals surface area (Å²) in [5.74, 6) is -0.115. The molecule has 1 aliphatic carbocycles. The lowest BCUT2D eigenvalue weighted by Crippen LogP contribution is -2.07. The van der Waals surface area contributed by atoms with E-state index in [4.69, 9.17) is 0 Å². The van der Waals surface area contributed by atoms with E-state index < -0.39 is 6.17 Å². The Hall–Kier alpha value is -1.37. The monoisotopic (exact) mass is 187 g/mol. The summed E-state index contributed by atoms with van der Waals surface area (Å²) >= 11 is 0. The number of hydrogen-bond acceptors (Lipinski definition) is 0. The summed E-state index contributed by atoms with van der Waals surface area (Å²) in [4.78, 5) is 0. The third-order valence-corrected chi connectivity index (χ3v) is 2.49. The largest absolute Gasteiger partial charge is 0.242 e. The third kappa shape index (κ3) is 1.50. The first-order valence-corrected chi connectivity index (χ1v) is 4.78. The van der Waals surface area contributed by atoms with Crippen molar-refractivity contribution in [3.8, 4) is 0 Å². The van der Waals surface area contributed by atoms with Crippen molar-refractivity contribution in [1.82, 2.24) is 0 Å². The van der Waals surface area contributed by atoms with E-state index in [-0.39, 0.29) is 5.92 Å². The molecule has 1 aromatic carbocycles. The normalized spacial score (nSPS) is 21.4. The molecule has 1 heteroatoms. The Balaban J connectivity index is 2.30. The maximum absolute atomic E-state index is 13.6. The number of halogens is 1. The number of fused-ring (bicyclic) bond motifs is 1. The fourth-order valence-corrected chi connectivity index (χ4v) is 1.80. The van der Waals surface area contributed by atoms with Crippen molar-refractivity contribution >= 4 is 6.08 Å². The maximum Gasteiger partial charge on any atom is 0.129 e. The molecule has 2 rings (SSSR count). The molecular weight excluding hydrogens is 175 g/mol. The number of benzene rings is 1. The molecule has 0 saturated heterocycles. The van der Waals surface area contributed by atoms with Crippen LogP contribution in [0.3, 0.4) is 0 Å². The highest BCUT2D eigenvalue weighted by atomic mass is 19.1. The topological polar surface area (TPSA) is 0 Å². The number of allylic oxidation sites excluding steroid dienone is 3. The van der Waals surface area contributed by atoms with Gasteiger partial charge in [0.25, 0.3) is 0 Å². The second-order valence-corrected chi connectivity index (χ2v) is 3.41. The van der Waals surface area contributed by atoms with Crippen LogP contribution >= 0.6 is 0 Å². The Labute approximate surface area is 83.8 Å². The summed E-state index contributed by atoms with van der Waals surface area (Å²) in [5.41, 5.74) is 2.15. The van der Waals surface area contributed by atoms with Gasteiger partial charge < -0.3 is 0 Å². The van der Waals surface area contributed by atoms with Crippen LogP contribution in [0.25, 0.3) is 6.08 Å². The minimum atomic E-state index is -0.917. The number of alkyl halides is 1. The molecule has 71 valence electrons. The molecule has 1 aliphatic rings. The molecule has 1 aromatic rings. The number of hydrogen-bond donors (Lipinski definition) is 0. The summed E-state index contributed by atoms with van der Waals surface area (Å²) in [5, 5.41) is 0. The SMILES string of the molecule is C/C=C/C(F)C1C=Cc2c[c]ccc21. The van der Waals surface area contributed by atoms with Crippen LogP contribution in [0.4, 0.5) is 4.39 Å². The molecule has 0 aromatic heterocycles. The zero-order valence-corrected chi connectivity index (χ0v) is 8.07. The molecule has 2 atom stereocenters. The van der Waals surface area contributed by atoms with Crippen LogP contribution in [-0.4, -0.2) is 6.17 Å². The van der Waals surface area contributed by atoms with E-state index in [1.54, 1.807) is 12.2 Å². The van der Waals surface area contributed by atoms with E-state index in [0.717, 1.165) is 11.1 Å². The smallest absolute Gasteiger partial charge is 0.129 e. The second-order valence-electron chi connectivity index (χ2n) is 3.41. The van der Waals surface area contributed by atoms with Crippen molar-refractivity contribution < 1.29 is 4.39 Å². The van der Waals surface area contributed by atoms with Crippen molar-refractivity contribution in [2.24, 2.45) is 0 Å². The van der Waals surface area contributed by atoms with Crippen LogP contribution in [0.5, 0.6) is 0 Å². The van der Waals surface area contributed by atoms with Gasteiger partial charge in [-0.25, -0.2) is 4.39 Å². The average molecular weight is 187 g/mol. The van der Waals surface area contributed by atoms with Gasteiger partial charge in [0.15, 0.2) is 0 Å². The lowest BCUT2D eigenvalue weighted by molar-refractivity contribution is 0.373. The lowest BCUT2D eigenvalue weighted by Gasteiger charge is -2.12. The van der Waals surface area contributed by atoms with Crippen LogP contribution in [0.15, 0.2) is 36.4 Å². The van der Waals surface area contributed by atoms with Gasteiger partial charge in [-0.1, -0.05) is 36.4 Å². The first kappa shape index (κ1) is 9.20. The van der Waals surface area contributed by atoms with Crippen LogP contribution < -0.4 is 0 Å². The lowest BCUT2D eigenvalue weighted by atomic mass is 9.96. The molecule has 0 fully saturated rings. The Morgan fingerprint density at radius 3 is 3.21 bits per heavy atom. The Bertz CT molecular complexity index is 377. The van der Waals surface area contributed by atoms with E-state index in [1.165, 1.54) is 0 Å². The summed E-state index contributed by atoms with van der Waals surface area (Å²) in [6.45, 7) is 1.84. The van der Waals surface area contributed by atoms with E-state index >= 15 is 0 Å². The van der Waals surface area contributed by atoms with Crippen molar-refractivity contribution in [3.63, 3.8) is 0 Å². The molecule has 0 saturated carbocycles. The molecule has 14 heavy (non-hydrogen) atoms. The van der Waals surface area contributed by atoms with Crippen molar-refractivity contribution in [3.05, 3.63) is 53.6 Å². The Kier molecular flexibility index (Phi) is 2.49. The average Bonchev–Trinajstić information content (AvgIpc) is 2.61. The van der Waals surface area contributed by atoms with E-state index in [1.807, 2.05) is 37.3 Å². The molecule has 0 amide bonds. The molecule has 0 heterocycles. The highest BCUT2D eigenvalue weighted by Gasteiger charge is 2.23. The van der Waals surface area contributed by atoms with Gasteiger partial charge in [0.1, 0.15) is 6.17 Å². The minimum absolute atomic E-state index is 0.115. The van der Waals surface area contributed by atoms with Gasteiger partial charge in [0.05, 0.1) is 0 Å². The van der Waals surface area contributed by atoms with Gasteiger partial charge in [-0.05, 0) is 30.2 Å². The zero-order valence-electron chi connectivity index (χ0n) is 8.07. The number of rotatable bonds is 2. The molecule has 2 unspecified atom stereocenters. The van der Waals surface area contributed by atoms with Crippen LogP contribution in [0.1, 0.15) is 24.0 Å². The highest BCUT2D eigenvalue weighted by molar-refractivity contribution is 5.62. The van der Waals surface area contributed by atoms with Gasteiger partial charge in [-0.15, -0.1) is 0 Å². The molecule has 0 nitrogen and oxygen atoms in total. The van der Waals surface area contributed by atoms with E-state index in [9.17, 15) is 4.39 Å². The van der Waals surface area contributed by atoms with Crippen molar-refractivity contribution in [2.45, 2.75) is 19.0 Å². The van der Waals surface area contributed by atoms with Crippen LogP contribution in [-0.2, 0) is 0 Å².